The van der Waals surface area contributed by atoms with Gasteiger partial charge in [-0.3, -0.25) is 4.79 Å². The van der Waals surface area contributed by atoms with E-state index >= 15 is 0 Å². The van der Waals surface area contributed by atoms with Crippen molar-refractivity contribution in [1.29, 1.82) is 0 Å². The molecule has 12 heavy (non-hydrogen) atoms. The number of halogens is 1. The average molecular weight is 181 g/mol. The van der Waals surface area contributed by atoms with Gasteiger partial charge in [0, 0.05) is 5.56 Å². The van der Waals surface area contributed by atoms with Crippen LogP contribution in [0.4, 0.5) is 0 Å². The maximum atomic E-state index is 11.3. The molecule has 0 atom stereocenters. The van der Waals surface area contributed by atoms with E-state index in [1.54, 1.807) is 37.3 Å². The van der Waals surface area contributed by atoms with Gasteiger partial charge in [0.25, 0.3) is 0 Å². The van der Waals surface area contributed by atoms with Crippen molar-refractivity contribution in [3.8, 4) is 0 Å². The van der Waals surface area contributed by atoms with Gasteiger partial charge < -0.3 is 0 Å². The maximum Gasteiger partial charge on any atom is 0.187 e. The van der Waals surface area contributed by atoms with Gasteiger partial charge in [-0.1, -0.05) is 29.8 Å². The van der Waals surface area contributed by atoms with Gasteiger partial charge >= 0.3 is 0 Å². The summed E-state index contributed by atoms with van der Waals surface area (Å²) in [4.78, 5) is 11.3. The summed E-state index contributed by atoms with van der Waals surface area (Å²) in [5, 5.41) is 0.501. The van der Waals surface area contributed by atoms with Gasteiger partial charge in [-0.2, -0.15) is 0 Å². The second-order valence-corrected chi connectivity index (χ2v) is 2.75. The molecule has 0 saturated heterocycles. The van der Waals surface area contributed by atoms with Crippen molar-refractivity contribution in [3.05, 3.63) is 47.0 Å². The first-order valence-electron chi connectivity index (χ1n) is 3.67. The summed E-state index contributed by atoms with van der Waals surface area (Å²) in [5.74, 6) is -0.0527. The van der Waals surface area contributed by atoms with Crippen LogP contribution < -0.4 is 0 Å². The molecule has 0 heterocycles. The first-order valence-corrected chi connectivity index (χ1v) is 4.05. The van der Waals surface area contributed by atoms with Gasteiger partial charge in [0.15, 0.2) is 5.78 Å². The van der Waals surface area contributed by atoms with Gasteiger partial charge in [-0.15, -0.1) is 0 Å². The minimum atomic E-state index is -0.0527. The van der Waals surface area contributed by atoms with Gasteiger partial charge in [-0.05, 0) is 25.1 Å². The van der Waals surface area contributed by atoms with Crippen molar-refractivity contribution < 1.29 is 4.79 Å². The molecule has 0 radical (unpaired) electrons. The first kappa shape index (κ1) is 9.01. The zero-order valence-corrected chi connectivity index (χ0v) is 7.51. The Hall–Kier alpha value is -1.08. The van der Waals surface area contributed by atoms with Crippen molar-refractivity contribution >= 4 is 17.4 Å². The quantitative estimate of drug-likeness (QED) is 0.505. The van der Waals surface area contributed by atoms with Crippen LogP contribution in [0.5, 0.6) is 0 Å². The molecule has 2 heteroatoms. The highest BCUT2D eigenvalue weighted by Gasteiger charge is 2.04. The van der Waals surface area contributed by atoms with Crippen LogP contribution in [0.25, 0.3) is 0 Å². The number of carbonyl (C=O) groups is 1. The number of carbonyl (C=O) groups excluding carboxylic acids is 1. The van der Waals surface area contributed by atoms with Crippen LogP contribution >= 0.6 is 11.6 Å². The molecular formula is C10H9ClO. The number of benzene rings is 1. The molecule has 0 N–H and O–H groups in total. The molecule has 0 spiro atoms. The van der Waals surface area contributed by atoms with Gasteiger partial charge in [0.05, 0.1) is 5.02 Å². The molecule has 0 aliphatic heterocycles. The number of hydrogen-bond donors (Lipinski definition) is 0. The molecule has 0 aliphatic rings. The lowest BCUT2D eigenvalue weighted by Crippen LogP contribution is -1.94. The lowest BCUT2D eigenvalue weighted by Gasteiger charge is -1.97. The van der Waals surface area contributed by atoms with E-state index in [9.17, 15) is 4.79 Å². The zero-order valence-electron chi connectivity index (χ0n) is 6.75. The van der Waals surface area contributed by atoms with Crippen molar-refractivity contribution in [1.82, 2.24) is 0 Å². The highest BCUT2D eigenvalue weighted by Crippen LogP contribution is 2.15. The molecule has 0 aromatic heterocycles. The monoisotopic (exact) mass is 180 g/mol. The van der Waals surface area contributed by atoms with Crippen LogP contribution in [0.1, 0.15) is 17.3 Å². The van der Waals surface area contributed by atoms with Gasteiger partial charge in [-0.25, -0.2) is 0 Å². The lowest BCUT2D eigenvalue weighted by atomic mass is 10.1. The molecule has 1 aromatic rings. The molecule has 0 bridgehead atoms. The topological polar surface area (TPSA) is 17.1 Å². The third kappa shape index (κ3) is 1.95. The van der Waals surface area contributed by atoms with Gasteiger partial charge in [0.2, 0.25) is 0 Å². The molecule has 0 saturated carbocycles. The Labute approximate surface area is 76.7 Å². The summed E-state index contributed by atoms with van der Waals surface area (Å²) < 4.78 is 0. The average Bonchev–Trinajstić information content (AvgIpc) is 2.05. The lowest BCUT2D eigenvalue weighted by molar-refractivity contribution is 0.104. The van der Waals surface area contributed by atoms with Crippen LogP contribution in [0.15, 0.2) is 36.4 Å². The molecule has 1 nitrogen and oxygen atoms in total. The predicted molar refractivity (Wildman–Crippen MR) is 50.6 cm³/mol. The Bertz CT molecular complexity index is 315. The SMILES string of the molecule is CC=CC(=O)c1ccccc1Cl. The Morgan fingerprint density at radius 3 is 2.67 bits per heavy atom. The number of hydrogen-bond acceptors (Lipinski definition) is 1. The van der Waals surface area contributed by atoms with Crippen molar-refractivity contribution in [2.24, 2.45) is 0 Å². The molecule has 1 rings (SSSR count). The Balaban J connectivity index is 3.03. The number of allylic oxidation sites excluding steroid dienone is 2. The summed E-state index contributed by atoms with van der Waals surface area (Å²) >= 11 is 5.80. The van der Waals surface area contributed by atoms with Crippen molar-refractivity contribution in [2.45, 2.75) is 6.92 Å². The van der Waals surface area contributed by atoms with E-state index in [2.05, 4.69) is 0 Å². The minimum Gasteiger partial charge on any atom is -0.289 e. The maximum absolute atomic E-state index is 11.3. The summed E-state index contributed by atoms with van der Waals surface area (Å²) in [6, 6.07) is 7.01. The Morgan fingerprint density at radius 2 is 2.08 bits per heavy atom. The third-order valence-corrected chi connectivity index (χ3v) is 1.79. The predicted octanol–water partition coefficient (Wildman–Crippen LogP) is 3.10. The smallest absolute Gasteiger partial charge is 0.187 e. The van der Waals surface area contributed by atoms with E-state index < -0.39 is 0 Å². The fourth-order valence-corrected chi connectivity index (χ4v) is 1.13. The Kier molecular flexibility index (Phi) is 3.06. The van der Waals surface area contributed by atoms with Crippen LogP contribution in [0.3, 0.4) is 0 Å². The minimum absolute atomic E-state index is 0.0527. The fraction of sp³-hybridized carbons (Fsp3) is 0.100. The van der Waals surface area contributed by atoms with Gasteiger partial charge in [0.1, 0.15) is 0 Å². The van der Waals surface area contributed by atoms with E-state index in [1.807, 2.05) is 0 Å². The zero-order chi connectivity index (χ0) is 8.97. The molecule has 0 aliphatic carbocycles. The first-order chi connectivity index (χ1) is 5.75. The standard InChI is InChI=1S/C10H9ClO/c1-2-5-10(12)8-6-3-4-7-9(8)11/h2-7H,1H3. The molecule has 0 amide bonds. The molecule has 0 unspecified atom stereocenters. The van der Waals surface area contributed by atoms with Crippen LogP contribution in [-0.4, -0.2) is 5.78 Å². The molecule has 62 valence electrons. The third-order valence-electron chi connectivity index (χ3n) is 1.46. The van der Waals surface area contributed by atoms with E-state index in [0.29, 0.717) is 10.6 Å². The van der Waals surface area contributed by atoms with Crippen LogP contribution in [-0.2, 0) is 0 Å². The highest BCUT2D eigenvalue weighted by molar-refractivity contribution is 6.34. The number of rotatable bonds is 2. The summed E-state index contributed by atoms with van der Waals surface area (Å²) in [6.45, 7) is 1.80. The Morgan fingerprint density at radius 1 is 1.42 bits per heavy atom. The summed E-state index contributed by atoms with van der Waals surface area (Å²) in [7, 11) is 0. The number of ketones is 1. The molecule has 1 aromatic carbocycles. The highest BCUT2D eigenvalue weighted by atomic mass is 35.5. The van der Waals surface area contributed by atoms with Crippen LogP contribution in [0, 0.1) is 0 Å². The molecular weight excluding hydrogens is 172 g/mol. The normalized spacial score (nSPS) is 10.5. The van der Waals surface area contributed by atoms with E-state index in [4.69, 9.17) is 11.6 Å². The second kappa shape index (κ2) is 4.07. The second-order valence-electron chi connectivity index (χ2n) is 2.34. The fourth-order valence-electron chi connectivity index (χ4n) is 0.902. The molecule has 0 fully saturated rings. The van der Waals surface area contributed by atoms with E-state index in [0.717, 1.165) is 0 Å². The summed E-state index contributed by atoms with van der Waals surface area (Å²) in [6.07, 6.45) is 3.20. The summed E-state index contributed by atoms with van der Waals surface area (Å²) in [5.41, 5.74) is 0.553. The largest absolute Gasteiger partial charge is 0.289 e. The van der Waals surface area contributed by atoms with Crippen LogP contribution in [0.2, 0.25) is 5.02 Å². The van der Waals surface area contributed by atoms with E-state index in [-0.39, 0.29) is 5.78 Å². The van der Waals surface area contributed by atoms with Crippen molar-refractivity contribution in [2.75, 3.05) is 0 Å². The van der Waals surface area contributed by atoms with E-state index in [1.165, 1.54) is 6.08 Å². The van der Waals surface area contributed by atoms with Crippen molar-refractivity contribution in [3.63, 3.8) is 0 Å².